The summed E-state index contributed by atoms with van der Waals surface area (Å²) >= 11 is 3.99. The Hall–Kier alpha value is -0.700. The molecule has 1 aromatic carbocycles. The monoisotopic (exact) mass is 158 g/mol. The van der Waals surface area contributed by atoms with Crippen molar-refractivity contribution >= 4 is 12.6 Å². The molecule has 10 heavy (non-hydrogen) atoms. The number of aryl methyl sites for hydroxylation is 1. The number of thiol groups is 1. The molecule has 0 atom stereocenters. The number of aromatic hydroxyl groups is 1. The largest absolute Gasteiger partial charge is 0.505 e. The molecule has 0 amide bonds. The van der Waals surface area contributed by atoms with Gasteiger partial charge in [0.1, 0.15) is 0 Å². The molecule has 0 aliphatic heterocycles. The molecular formula is C7H7FOS. The smallest absolute Gasteiger partial charge is 0.165 e. The van der Waals surface area contributed by atoms with Gasteiger partial charge in [0, 0.05) is 4.90 Å². The van der Waals surface area contributed by atoms with Gasteiger partial charge in [-0.3, -0.25) is 0 Å². The maximum absolute atomic E-state index is 12.5. The van der Waals surface area contributed by atoms with Crippen molar-refractivity contribution in [3.63, 3.8) is 0 Å². The van der Waals surface area contributed by atoms with Gasteiger partial charge in [0.25, 0.3) is 0 Å². The van der Waals surface area contributed by atoms with Crippen molar-refractivity contribution in [3.05, 3.63) is 23.5 Å². The van der Waals surface area contributed by atoms with Gasteiger partial charge >= 0.3 is 0 Å². The van der Waals surface area contributed by atoms with Gasteiger partial charge in [-0.2, -0.15) is 0 Å². The average Bonchev–Trinajstić information content (AvgIpc) is 1.84. The number of phenols is 1. The first-order chi connectivity index (χ1) is 4.61. The summed E-state index contributed by atoms with van der Waals surface area (Å²) in [6.45, 7) is 1.73. The molecule has 0 fully saturated rings. The van der Waals surface area contributed by atoms with E-state index in [4.69, 9.17) is 5.11 Å². The van der Waals surface area contributed by atoms with Gasteiger partial charge in [-0.1, -0.05) is 0 Å². The highest BCUT2D eigenvalue weighted by molar-refractivity contribution is 7.80. The molecule has 0 unspecified atom stereocenters. The zero-order valence-corrected chi connectivity index (χ0v) is 6.32. The van der Waals surface area contributed by atoms with Crippen molar-refractivity contribution in [1.82, 2.24) is 0 Å². The molecule has 0 saturated carbocycles. The normalized spacial score (nSPS) is 9.90. The first-order valence-corrected chi connectivity index (χ1v) is 3.24. The lowest BCUT2D eigenvalue weighted by atomic mass is 10.2. The summed E-state index contributed by atoms with van der Waals surface area (Å²) in [5, 5.41) is 8.80. The molecule has 1 aromatic rings. The third kappa shape index (κ3) is 1.24. The first-order valence-electron chi connectivity index (χ1n) is 2.79. The zero-order chi connectivity index (χ0) is 7.72. The SMILES string of the molecule is Cc1cc(F)c(O)cc1S. The van der Waals surface area contributed by atoms with Gasteiger partial charge in [0.15, 0.2) is 11.6 Å². The number of rotatable bonds is 0. The summed E-state index contributed by atoms with van der Waals surface area (Å²) in [5.41, 5.74) is 0.721. The second-order valence-corrected chi connectivity index (χ2v) is 2.57. The van der Waals surface area contributed by atoms with Crippen LogP contribution in [0, 0.1) is 12.7 Å². The maximum atomic E-state index is 12.5. The molecule has 0 aliphatic carbocycles. The third-order valence-electron chi connectivity index (χ3n) is 1.27. The van der Waals surface area contributed by atoms with E-state index in [2.05, 4.69) is 12.6 Å². The van der Waals surface area contributed by atoms with Gasteiger partial charge in [0.2, 0.25) is 0 Å². The van der Waals surface area contributed by atoms with E-state index in [1.807, 2.05) is 0 Å². The Morgan fingerprint density at radius 2 is 2.10 bits per heavy atom. The number of hydrogen-bond donors (Lipinski definition) is 2. The van der Waals surface area contributed by atoms with Gasteiger partial charge in [-0.25, -0.2) is 4.39 Å². The Morgan fingerprint density at radius 3 is 2.60 bits per heavy atom. The quantitative estimate of drug-likeness (QED) is 0.554. The minimum absolute atomic E-state index is 0.351. The topological polar surface area (TPSA) is 20.2 Å². The van der Waals surface area contributed by atoms with Crippen molar-refractivity contribution in [1.29, 1.82) is 0 Å². The second kappa shape index (κ2) is 2.50. The van der Waals surface area contributed by atoms with Crippen LogP contribution in [0.2, 0.25) is 0 Å². The number of phenolic OH excluding ortho intramolecular Hbond substituents is 1. The van der Waals surface area contributed by atoms with Crippen LogP contribution in [0.4, 0.5) is 4.39 Å². The highest BCUT2D eigenvalue weighted by atomic mass is 32.1. The Bertz CT molecular complexity index is 210. The van der Waals surface area contributed by atoms with E-state index in [0.717, 1.165) is 5.56 Å². The predicted molar refractivity (Wildman–Crippen MR) is 40.1 cm³/mol. The average molecular weight is 158 g/mol. The molecule has 0 bridgehead atoms. The van der Waals surface area contributed by atoms with Crippen molar-refractivity contribution in [2.24, 2.45) is 0 Å². The van der Waals surface area contributed by atoms with Crippen LogP contribution in [0.3, 0.4) is 0 Å². The Kier molecular flexibility index (Phi) is 1.85. The standard InChI is InChI=1S/C7H7FOS/c1-4-2-5(8)6(9)3-7(4)10/h2-3,9-10H,1H3. The second-order valence-electron chi connectivity index (χ2n) is 2.09. The summed E-state index contributed by atoms with van der Waals surface area (Å²) in [7, 11) is 0. The first kappa shape index (κ1) is 7.41. The molecule has 0 aliphatic rings. The highest BCUT2D eigenvalue weighted by Gasteiger charge is 2.01. The van der Waals surface area contributed by atoms with E-state index in [0.29, 0.717) is 4.90 Å². The van der Waals surface area contributed by atoms with Crippen molar-refractivity contribution < 1.29 is 9.50 Å². The van der Waals surface area contributed by atoms with Crippen molar-refractivity contribution in [2.45, 2.75) is 11.8 Å². The van der Waals surface area contributed by atoms with Crippen LogP contribution in [0.1, 0.15) is 5.56 Å². The molecule has 0 heterocycles. The van der Waals surface area contributed by atoms with E-state index in [1.165, 1.54) is 12.1 Å². The van der Waals surface area contributed by atoms with Crippen LogP contribution < -0.4 is 0 Å². The molecule has 0 radical (unpaired) electrons. The lowest BCUT2D eigenvalue weighted by Gasteiger charge is -1.99. The highest BCUT2D eigenvalue weighted by Crippen LogP contribution is 2.22. The zero-order valence-electron chi connectivity index (χ0n) is 5.43. The molecular weight excluding hydrogens is 151 g/mol. The fraction of sp³-hybridized carbons (Fsp3) is 0.143. The summed E-state index contributed by atoms with van der Waals surface area (Å²) < 4.78 is 12.5. The van der Waals surface area contributed by atoms with E-state index >= 15 is 0 Å². The van der Waals surface area contributed by atoms with E-state index in [-0.39, 0.29) is 5.75 Å². The molecule has 1 nitrogen and oxygen atoms in total. The van der Waals surface area contributed by atoms with E-state index in [9.17, 15) is 4.39 Å². The molecule has 54 valence electrons. The Labute approximate surface area is 63.9 Å². The summed E-state index contributed by atoms with van der Waals surface area (Å²) in [5.74, 6) is -0.953. The van der Waals surface area contributed by atoms with Crippen LogP contribution in [-0.2, 0) is 0 Å². The fourth-order valence-corrected chi connectivity index (χ4v) is 0.837. The summed E-state index contributed by atoms with van der Waals surface area (Å²) in [6.07, 6.45) is 0. The fourth-order valence-electron chi connectivity index (χ4n) is 0.650. The number of benzene rings is 1. The predicted octanol–water partition coefficient (Wildman–Crippen LogP) is 2.13. The Morgan fingerprint density at radius 1 is 1.50 bits per heavy atom. The van der Waals surface area contributed by atoms with Crippen LogP contribution in [0.25, 0.3) is 0 Å². The molecule has 1 rings (SSSR count). The summed E-state index contributed by atoms with van der Waals surface area (Å²) in [4.78, 5) is 0.596. The minimum Gasteiger partial charge on any atom is -0.505 e. The van der Waals surface area contributed by atoms with Crippen molar-refractivity contribution in [2.75, 3.05) is 0 Å². The number of halogens is 1. The lowest BCUT2D eigenvalue weighted by molar-refractivity contribution is 0.430. The molecule has 0 saturated heterocycles. The lowest BCUT2D eigenvalue weighted by Crippen LogP contribution is -1.80. The Balaban J connectivity index is 3.28. The van der Waals surface area contributed by atoms with Gasteiger partial charge in [0.05, 0.1) is 0 Å². The van der Waals surface area contributed by atoms with Gasteiger partial charge in [-0.05, 0) is 24.6 Å². The molecule has 0 aromatic heterocycles. The van der Waals surface area contributed by atoms with Crippen molar-refractivity contribution in [3.8, 4) is 5.75 Å². The van der Waals surface area contributed by atoms with Crippen LogP contribution >= 0.6 is 12.6 Å². The number of hydrogen-bond acceptors (Lipinski definition) is 2. The van der Waals surface area contributed by atoms with Crippen LogP contribution in [0.5, 0.6) is 5.75 Å². The minimum atomic E-state index is -0.602. The third-order valence-corrected chi connectivity index (χ3v) is 1.75. The van der Waals surface area contributed by atoms with Crippen LogP contribution in [-0.4, -0.2) is 5.11 Å². The van der Waals surface area contributed by atoms with E-state index in [1.54, 1.807) is 6.92 Å². The molecule has 1 N–H and O–H groups in total. The van der Waals surface area contributed by atoms with Crippen LogP contribution in [0.15, 0.2) is 17.0 Å². The summed E-state index contributed by atoms with van der Waals surface area (Å²) in [6, 6.07) is 2.53. The maximum Gasteiger partial charge on any atom is 0.165 e. The van der Waals surface area contributed by atoms with Gasteiger partial charge in [-0.15, -0.1) is 12.6 Å². The van der Waals surface area contributed by atoms with Gasteiger partial charge < -0.3 is 5.11 Å². The van der Waals surface area contributed by atoms with E-state index < -0.39 is 5.82 Å². The molecule has 3 heteroatoms. The molecule has 0 spiro atoms.